The van der Waals surface area contributed by atoms with Crippen LogP contribution in [0.2, 0.25) is 0 Å². The predicted octanol–water partition coefficient (Wildman–Crippen LogP) is 2.85. The smallest absolute Gasteiger partial charge is 0.326 e. The zero-order valence-corrected chi connectivity index (χ0v) is 12.1. The van der Waals surface area contributed by atoms with E-state index in [0.29, 0.717) is 6.42 Å². The molecule has 1 atom stereocenters. The van der Waals surface area contributed by atoms with Crippen LogP contribution in [0.15, 0.2) is 60.7 Å². The Labute approximate surface area is 129 Å². The maximum absolute atomic E-state index is 12.3. The van der Waals surface area contributed by atoms with Crippen molar-refractivity contribution in [3.63, 3.8) is 0 Å². The maximum atomic E-state index is 12.3. The van der Waals surface area contributed by atoms with E-state index in [4.69, 9.17) is 0 Å². The van der Waals surface area contributed by atoms with E-state index in [-0.39, 0.29) is 18.4 Å². The lowest BCUT2D eigenvalue weighted by atomic mass is 9.96. The highest BCUT2D eigenvalue weighted by Gasteiger charge is 2.41. The molecule has 112 valence electrons. The molecule has 1 fully saturated rings. The van der Waals surface area contributed by atoms with Crippen LogP contribution in [-0.4, -0.2) is 27.9 Å². The second kappa shape index (κ2) is 6.02. The van der Waals surface area contributed by atoms with Crippen molar-refractivity contribution in [1.29, 1.82) is 0 Å². The highest BCUT2D eigenvalue weighted by Crippen LogP contribution is 2.35. The van der Waals surface area contributed by atoms with Crippen molar-refractivity contribution in [2.24, 2.45) is 0 Å². The third-order valence-electron chi connectivity index (χ3n) is 4.05. The summed E-state index contributed by atoms with van der Waals surface area (Å²) >= 11 is 0. The van der Waals surface area contributed by atoms with Gasteiger partial charge in [-0.2, -0.15) is 0 Å². The summed E-state index contributed by atoms with van der Waals surface area (Å²) < 4.78 is 0. The van der Waals surface area contributed by atoms with Gasteiger partial charge in [0.25, 0.3) is 0 Å². The van der Waals surface area contributed by atoms with E-state index in [1.54, 1.807) is 0 Å². The molecule has 0 radical (unpaired) electrons. The van der Waals surface area contributed by atoms with E-state index >= 15 is 0 Å². The van der Waals surface area contributed by atoms with E-state index in [2.05, 4.69) is 0 Å². The minimum absolute atomic E-state index is 0.106. The fourth-order valence-electron chi connectivity index (χ4n) is 3.05. The van der Waals surface area contributed by atoms with E-state index in [1.165, 1.54) is 4.90 Å². The fraction of sp³-hybridized carbons (Fsp3) is 0.222. The lowest BCUT2D eigenvalue weighted by Crippen LogP contribution is -2.41. The number of carbonyl (C=O) groups excluding carboxylic acids is 1. The molecule has 1 saturated heterocycles. The molecule has 0 aliphatic carbocycles. The number of carboxylic acid groups (broad SMARTS) is 1. The minimum atomic E-state index is -0.942. The molecule has 1 N–H and O–H groups in total. The zero-order chi connectivity index (χ0) is 15.5. The van der Waals surface area contributed by atoms with E-state index in [9.17, 15) is 14.7 Å². The van der Waals surface area contributed by atoms with Gasteiger partial charge in [-0.3, -0.25) is 4.79 Å². The lowest BCUT2D eigenvalue weighted by Gasteiger charge is -2.32. The van der Waals surface area contributed by atoms with Gasteiger partial charge in [0.2, 0.25) is 5.91 Å². The second-order valence-corrected chi connectivity index (χ2v) is 5.42. The van der Waals surface area contributed by atoms with Crippen LogP contribution in [0.5, 0.6) is 0 Å². The monoisotopic (exact) mass is 295 g/mol. The van der Waals surface area contributed by atoms with Crippen LogP contribution < -0.4 is 0 Å². The summed E-state index contributed by atoms with van der Waals surface area (Å²) in [6.07, 6.45) is 0.650. The third-order valence-corrected chi connectivity index (χ3v) is 4.05. The number of amides is 1. The predicted molar refractivity (Wildman–Crippen MR) is 82.2 cm³/mol. The van der Waals surface area contributed by atoms with Crippen molar-refractivity contribution in [1.82, 2.24) is 4.90 Å². The highest BCUT2D eigenvalue weighted by molar-refractivity contribution is 5.88. The normalized spacial score (nSPS) is 18.0. The van der Waals surface area contributed by atoms with Gasteiger partial charge < -0.3 is 10.0 Å². The first-order valence-electron chi connectivity index (χ1n) is 7.32. The van der Waals surface area contributed by atoms with Gasteiger partial charge in [-0.25, -0.2) is 4.79 Å². The number of aliphatic carboxylic acids is 1. The van der Waals surface area contributed by atoms with Crippen molar-refractivity contribution in [3.8, 4) is 0 Å². The lowest BCUT2D eigenvalue weighted by molar-refractivity contribution is -0.147. The standard InChI is InChI=1S/C18H17NO3/c20-16-12-11-15(18(21)22)19(16)17(13-7-3-1-4-8-13)14-9-5-2-6-10-14/h1-10,15,17H,11-12H2,(H,21,22). The first-order chi connectivity index (χ1) is 10.7. The number of hydrogen-bond donors (Lipinski definition) is 1. The summed E-state index contributed by atoms with van der Waals surface area (Å²) in [5.74, 6) is -1.05. The van der Waals surface area contributed by atoms with Crippen molar-refractivity contribution in [3.05, 3.63) is 71.8 Å². The largest absolute Gasteiger partial charge is 0.480 e. The summed E-state index contributed by atoms with van der Waals surface area (Å²) in [5.41, 5.74) is 1.85. The van der Waals surface area contributed by atoms with Gasteiger partial charge in [0, 0.05) is 6.42 Å². The summed E-state index contributed by atoms with van der Waals surface area (Å²) in [6.45, 7) is 0. The quantitative estimate of drug-likeness (QED) is 0.943. The number of nitrogens with zero attached hydrogens (tertiary/aromatic N) is 1. The van der Waals surface area contributed by atoms with Crippen molar-refractivity contribution in [2.45, 2.75) is 24.9 Å². The van der Waals surface area contributed by atoms with Gasteiger partial charge in [0.15, 0.2) is 0 Å². The Morgan fingerprint density at radius 1 is 1.00 bits per heavy atom. The van der Waals surface area contributed by atoms with Gasteiger partial charge >= 0.3 is 5.97 Å². The summed E-state index contributed by atoms with van der Waals surface area (Å²) in [7, 11) is 0. The molecule has 1 aliphatic heterocycles. The molecular formula is C18H17NO3. The fourth-order valence-corrected chi connectivity index (χ4v) is 3.05. The molecule has 4 heteroatoms. The first kappa shape index (κ1) is 14.3. The molecule has 1 amide bonds. The maximum Gasteiger partial charge on any atom is 0.326 e. The molecule has 0 saturated carbocycles. The average Bonchev–Trinajstić information content (AvgIpc) is 2.92. The Morgan fingerprint density at radius 3 is 1.95 bits per heavy atom. The molecule has 1 unspecified atom stereocenters. The van der Waals surface area contributed by atoms with Crippen LogP contribution in [0.3, 0.4) is 0 Å². The molecule has 1 aliphatic rings. The van der Waals surface area contributed by atoms with Crippen LogP contribution in [-0.2, 0) is 9.59 Å². The average molecular weight is 295 g/mol. The molecular weight excluding hydrogens is 278 g/mol. The number of carbonyl (C=O) groups is 2. The summed E-state index contributed by atoms with van der Waals surface area (Å²) in [5, 5.41) is 9.45. The van der Waals surface area contributed by atoms with E-state index < -0.39 is 12.0 Å². The Morgan fingerprint density at radius 2 is 1.50 bits per heavy atom. The Balaban J connectivity index is 2.09. The van der Waals surface area contributed by atoms with Gasteiger partial charge in [-0.1, -0.05) is 60.7 Å². The third kappa shape index (κ3) is 2.60. The van der Waals surface area contributed by atoms with Gasteiger partial charge in [-0.15, -0.1) is 0 Å². The van der Waals surface area contributed by atoms with Crippen LogP contribution in [0.1, 0.15) is 30.0 Å². The second-order valence-electron chi connectivity index (χ2n) is 5.42. The van der Waals surface area contributed by atoms with E-state index in [0.717, 1.165) is 11.1 Å². The first-order valence-corrected chi connectivity index (χ1v) is 7.32. The topological polar surface area (TPSA) is 57.6 Å². The Hall–Kier alpha value is -2.62. The van der Waals surface area contributed by atoms with Gasteiger partial charge in [0.1, 0.15) is 6.04 Å². The molecule has 3 rings (SSSR count). The molecule has 1 heterocycles. The SMILES string of the molecule is O=C(O)C1CCC(=O)N1C(c1ccccc1)c1ccccc1. The molecule has 0 aromatic heterocycles. The Bertz CT molecular complexity index is 630. The van der Waals surface area contributed by atoms with Gasteiger partial charge in [0.05, 0.1) is 6.04 Å². The van der Waals surface area contributed by atoms with Gasteiger partial charge in [-0.05, 0) is 17.5 Å². The van der Waals surface area contributed by atoms with Crippen LogP contribution in [0.25, 0.3) is 0 Å². The number of benzene rings is 2. The number of likely N-dealkylation sites (tertiary alicyclic amines) is 1. The highest BCUT2D eigenvalue weighted by atomic mass is 16.4. The van der Waals surface area contributed by atoms with Crippen LogP contribution in [0.4, 0.5) is 0 Å². The van der Waals surface area contributed by atoms with Crippen LogP contribution in [0, 0.1) is 0 Å². The Kier molecular flexibility index (Phi) is 3.92. The number of carboxylic acids is 1. The van der Waals surface area contributed by atoms with Crippen LogP contribution >= 0.6 is 0 Å². The summed E-state index contributed by atoms with van der Waals surface area (Å²) in [4.78, 5) is 25.4. The van der Waals surface area contributed by atoms with Crippen molar-refractivity contribution in [2.75, 3.05) is 0 Å². The number of rotatable bonds is 4. The van der Waals surface area contributed by atoms with E-state index in [1.807, 2.05) is 60.7 Å². The molecule has 0 bridgehead atoms. The molecule has 2 aromatic carbocycles. The zero-order valence-electron chi connectivity index (χ0n) is 12.1. The molecule has 4 nitrogen and oxygen atoms in total. The molecule has 0 spiro atoms. The minimum Gasteiger partial charge on any atom is -0.480 e. The molecule has 2 aromatic rings. The number of hydrogen-bond acceptors (Lipinski definition) is 2. The van der Waals surface area contributed by atoms with Crippen molar-refractivity contribution >= 4 is 11.9 Å². The molecule has 22 heavy (non-hydrogen) atoms. The summed E-state index contributed by atoms with van der Waals surface area (Å²) in [6, 6.07) is 18.0. The van der Waals surface area contributed by atoms with Crippen molar-refractivity contribution < 1.29 is 14.7 Å².